The molecule has 0 saturated heterocycles. The Hall–Kier alpha value is -0.900. The minimum atomic E-state index is -0.337. The Labute approximate surface area is 88.9 Å². The van der Waals surface area contributed by atoms with Crippen molar-refractivity contribution in [2.24, 2.45) is 0 Å². The van der Waals surface area contributed by atoms with Crippen LogP contribution in [0.1, 0.15) is 6.92 Å². The van der Waals surface area contributed by atoms with E-state index in [-0.39, 0.29) is 5.82 Å². The minimum absolute atomic E-state index is 0.295. The lowest BCUT2D eigenvalue weighted by Gasteiger charge is -2.07. The van der Waals surface area contributed by atoms with Gasteiger partial charge in [0.05, 0.1) is 6.61 Å². The van der Waals surface area contributed by atoms with E-state index in [9.17, 15) is 4.39 Å². The zero-order valence-electron chi connectivity index (χ0n) is 8.09. The molecular weight excluding hydrogens is 201 g/mol. The van der Waals surface area contributed by atoms with Crippen LogP contribution in [0, 0.1) is 5.82 Å². The highest BCUT2D eigenvalue weighted by Gasteiger charge is 2.02. The highest BCUT2D eigenvalue weighted by atomic mass is 32.1. The molecule has 0 aliphatic carbocycles. The molecule has 0 amide bonds. The number of nitrogens with one attached hydrogen (secondary N) is 1. The third-order valence-corrected chi connectivity index (χ3v) is 1.90. The first-order valence-corrected chi connectivity index (χ1v) is 5.18. The van der Waals surface area contributed by atoms with Crippen LogP contribution < -0.4 is 10.1 Å². The maximum absolute atomic E-state index is 13.3. The Morgan fingerprint density at radius 3 is 2.86 bits per heavy atom. The van der Waals surface area contributed by atoms with E-state index in [0.717, 1.165) is 18.0 Å². The molecule has 0 aliphatic heterocycles. The van der Waals surface area contributed by atoms with Crippen LogP contribution in [0.5, 0.6) is 5.75 Å². The largest absolute Gasteiger partial charge is 0.491 e. The van der Waals surface area contributed by atoms with Gasteiger partial charge in [0.2, 0.25) is 0 Å². The molecule has 0 saturated carbocycles. The van der Waals surface area contributed by atoms with Crippen LogP contribution in [0.15, 0.2) is 18.2 Å². The van der Waals surface area contributed by atoms with Gasteiger partial charge in [-0.05, 0) is 19.1 Å². The Morgan fingerprint density at radius 2 is 2.29 bits per heavy atom. The molecule has 0 bridgehead atoms. The first kappa shape index (κ1) is 11.2. The average Bonchev–Trinajstić information content (AvgIpc) is 2.19. The summed E-state index contributed by atoms with van der Waals surface area (Å²) in [5.74, 6) is 0.675. The smallest absolute Gasteiger partial charge is 0.167 e. The van der Waals surface area contributed by atoms with Crippen molar-refractivity contribution >= 4 is 18.3 Å². The van der Waals surface area contributed by atoms with Gasteiger partial charge in [-0.3, -0.25) is 0 Å². The highest BCUT2D eigenvalue weighted by Crippen LogP contribution is 2.20. The number of ether oxygens (including phenoxy) is 1. The summed E-state index contributed by atoms with van der Waals surface area (Å²) in [5.41, 5.74) is 0.750. The maximum Gasteiger partial charge on any atom is 0.167 e. The number of halogens is 1. The van der Waals surface area contributed by atoms with E-state index in [1.54, 1.807) is 12.1 Å². The second kappa shape index (κ2) is 5.75. The molecule has 1 N–H and O–H groups in total. The van der Waals surface area contributed by atoms with E-state index in [4.69, 9.17) is 4.74 Å². The fraction of sp³-hybridized carbons (Fsp3) is 0.400. The molecule has 2 nitrogen and oxygen atoms in total. The van der Waals surface area contributed by atoms with Crippen molar-refractivity contribution in [1.82, 2.24) is 0 Å². The van der Waals surface area contributed by atoms with E-state index < -0.39 is 0 Å². The Kier molecular flexibility index (Phi) is 4.59. The van der Waals surface area contributed by atoms with Gasteiger partial charge in [0.15, 0.2) is 11.6 Å². The fourth-order valence-corrected chi connectivity index (χ4v) is 1.20. The molecule has 4 heteroatoms. The fourth-order valence-electron chi connectivity index (χ4n) is 1.08. The highest BCUT2D eigenvalue weighted by molar-refractivity contribution is 7.80. The first-order valence-electron chi connectivity index (χ1n) is 4.55. The van der Waals surface area contributed by atoms with E-state index >= 15 is 0 Å². The van der Waals surface area contributed by atoms with Crippen molar-refractivity contribution in [3.8, 4) is 5.75 Å². The third-order valence-electron chi connectivity index (χ3n) is 1.67. The second-order valence-electron chi connectivity index (χ2n) is 2.73. The monoisotopic (exact) mass is 215 g/mol. The third kappa shape index (κ3) is 3.10. The van der Waals surface area contributed by atoms with Crippen molar-refractivity contribution in [3.63, 3.8) is 0 Å². The van der Waals surface area contributed by atoms with E-state index in [2.05, 4.69) is 17.9 Å². The van der Waals surface area contributed by atoms with Gasteiger partial charge < -0.3 is 10.1 Å². The SMILES string of the molecule is CCOc1ccc(NCCS)cc1F. The van der Waals surface area contributed by atoms with Gasteiger partial charge in [-0.15, -0.1) is 0 Å². The lowest BCUT2D eigenvalue weighted by atomic mass is 10.3. The Bertz CT molecular complexity index is 293. The molecule has 78 valence electrons. The number of hydrogen-bond donors (Lipinski definition) is 2. The molecular formula is C10H14FNOS. The summed E-state index contributed by atoms with van der Waals surface area (Å²) >= 11 is 4.05. The summed E-state index contributed by atoms with van der Waals surface area (Å²) in [5, 5.41) is 3.03. The zero-order valence-corrected chi connectivity index (χ0v) is 8.98. The molecule has 0 fully saturated rings. The lowest BCUT2D eigenvalue weighted by Crippen LogP contribution is -2.03. The predicted molar refractivity (Wildman–Crippen MR) is 59.9 cm³/mol. The lowest BCUT2D eigenvalue weighted by molar-refractivity contribution is 0.321. The maximum atomic E-state index is 13.3. The quantitative estimate of drug-likeness (QED) is 0.737. The second-order valence-corrected chi connectivity index (χ2v) is 3.18. The van der Waals surface area contributed by atoms with Crippen molar-refractivity contribution in [2.45, 2.75) is 6.92 Å². The van der Waals surface area contributed by atoms with Crippen LogP contribution >= 0.6 is 12.6 Å². The molecule has 0 spiro atoms. The summed E-state index contributed by atoms with van der Waals surface area (Å²) in [6.45, 7) is 3.02. The van der Waals surface area contributed by atoms with Crippen LogP contribution in [0.2, 0.25) is 0 Å². The zero-order chi connectivity index (χ0) is 10.4. The molecule has 0 aliphatic rings. The van der Waals surface area contributed by atoms with E-state index in [0.29, 0.717) is 12.4 Å². The van der Waals surface area contributed by atoms with Crippen LogP contribution in [-0.4, -0.2) is 18.9 Å². The molecule has 0 aromatic heterocycles. The normalized spacial score (nSPS) is 9.93. The summed E-state index contributed by atoms with van der Waals surface area (Å²) in [7, 11) is 0. The number of anilines is 1. The summed E-state index contributed by atoms with van der Waals surface area (Å²) < 4.78 is 18.4. The number of thiol groups is 1. The summed E-state index contributed by atoms with van der Waals surface area (Å²) in [4.78, 5) is 0. The molecule has 14 heavy (non-hydrogen) atoms. The van der Waals surface area contributed by atoms with E-state index in [1.807, 2.05) is 6.92 Å². The van der Waals surface area contributed by atoms with Gasteiger partial charge in [0.25, 0.3) is 0 Å². The van der Waals surface area contributed by atoms with Gasteiger partial charge in [0, 0.05) is 24.1 Å². The standard InChI is InChI=1S/C10H14FNOS/c1-2-13-10-4-3-8(7-9(10)11)12-5-6-14/h3-4,7,12,14H,2,5-6H2,1H3. The van der Waals surface area contributed by atoms with Crippen LogP contribution in [-0.2, 0) is 0 Å². The number of rotatable bonds is 5. The van der Waals surface area contributed by atoms with Crippen molar-refractivity contribution in [1.29, 1.82) is 0 Å². The van der Waals surface area contributed by atoms with Gasteiger partial charge in [-0.25, -0.2) is 4.39 Å². The van der Waals surface area contributed by atoms with Gasteiger partial charge in [0.1, 0.15) is 0 Å². The van der Waals surface area contributed by atoms with Crippen LogP contribution in [0.4, 0.5) is 10.1 Å². The van der Waals surface area contributed by atoms with Gasteiger partial charge in [-0.2, -0.15) is 12.6 Å². The summed E-state index contributed by atoms with van der Waals surface area (Å²) in [6, 6.07) is 4.84. The topological polar surface area (TPSA) is 21.3 Å². The predicted octanol–water partition coefficient (Wildman–Crippen LogP) is 2.57. The molecule has 0 heterocycles. The molecule has 0 radical (unpaired) electrons. The van der Waals surface area contributed by atoms with Crippen LogP contribution in [0.25, 0.3) is 0 Å². The summed E-state index contributed by atoms with van der Waals surface area (Å²) in [6.07, 6.45) is 0. The Morgan fingerprint density at radius 1 is 1.50 bits per heavy atom. The average molecular weight is 215 g/mol. The van der Waals surface area contributed by atoms with Gasteiger partial charge in [-0.1, -0.05) is 0 Å². The molecule has 0 atom stereocenters. The molecule has 1 rings (SSSR count). The van der Waals surface area contributed by atoms with Crippen molar-refractivity contribution < 1.29 is 9.13 Å². The van der Waals surface area contributed by atoms with Crippen molar-refractivity contribution in [2.75, 3.05) is 24.2 Å². The van der Waals surface area contributed by atoms with Crippen molar-refractivity contribution in [3.05, 3.63) is 24.0 Å². The minimum Gasteiger partial charge on any atom is -0.491 e. The number of benzene rings is 1. The van der Waals surface area contributed by atoms with E-state index in [1.165, 1.54) is 6.07 Å². The van der Waals surface area contributed by atoms with Crippen LogP contribution in [0.3, 0.4) is 0 Å². The number of hydrogen-bond acceptors (Lipinski definition) is 3. The molecule has 1 aromatic carbocycles. The van der Waals surface area contributed by atoms with Gasteiger partial charge >= 0.3 is 0 Å². The Balaban J connectivity index is 2.68. The molecule has 1 aromatic rings. The first-order chi connectivity index (χ1) is 6.77. The molecule has 0 unspecified atom stereocenters.